The molecule has 0 heterocycles. The number of rotatable bonds is 7. The van der Waals surface area contributed by atoms with Crippen LogP contribution in [-0.4, -0.2) is 0 Å². The Morgan fingerprint density at radius 2 is 1.66 bits per heavy atom. The van der Waals surface area contributed by atoms with E-state index in [0.29, 0.717) is 35.3 Å². The van der Waals surface area contributed by atoms with Crippen LogP contribution in [0.1, 0.15) is 68.1 Å². The van der Waals surface area contributed by atoms with E-state index in [1.54, 1.807) is 6.07 Å². The number of hydrogen-bond acceptors (Lipinski definition) is 0. The van der Waals surface area contributed by atoms with E-state index in [0.717, 1.165) is 17.4 Å². The van der Waals surface area contributed by atoms with E-state index in [2.05, 4.69) is 31.2 Å². The monoisotopic (exact) mass is 436 g/mol. The first-order chi connectivity index (χ1) is 15.5. The Balaban J connectivity index is 1.42. The van der Waals surface area contributed by atoms with Crippen molar-refractivity contribution in [1.82, 2.24) is 0 Å². The average molecular weight is 437 g/mol. The van der Waals surface area contributed by atoms with Gasteiger partial charge in [-0.1, -0.05) is 48.6 Å². The van der Waals surface area contributed by atoms with Gasteiger partial charge in [0.25, 0.3) is 0 Å². The molecule has 0 nitrogen and oxygen atoms in total. The van der Waals surface area contributed by atoms with Gasteiger partial charge in [-0.25, -0.2) is 13.2 Å². The van der Waals surface area contributed by atoms with Gasteiger partial charge in [0.05, 0.1) is 0 Å². The van der Waals surface area contributed by atoms with Gasteiger partial charge >= 0.3 is 0 Å². The summed E-state index contributed by atoms with van der Waals surface area (Å²) < 4.78 is 41.7. The molecule has 168 valence electrons. The lowest BCUT2D eigenvalue weighted by molar-refractivity contribution is 0.312. The van der Waals surface area contributed by atoms with Crippen LogP contribution in [0.15, 0.2) is 60.7 Å². The number of fused-ring (bicyclic) bond motifs is 1. The van der Waals surface area contributed by atoms with Gasteiger partial charge in [0.1, 0.15) is 5.82 Å². The molecule has 0 aromatic heterocycles. The quantitative estimate of drug-likeness (QED) is 0.325. The Morgan fingerprint density at radius 3 is 2.41 bits per heavy atom. The largest absolute Gasteiger partial charge is 0.206 e. The van der Waals surface area contributed by atoms with Crippen molar-refractivity contribution in [2.24, 2.45) is 5.92 Å². The van der Waals surface area contributed by atoms with Crippen LogP contribution in [0.25, 0.3) is 10.8 Å². The van der Waals surface area contributed by atoms with Crippen LogP contribution >= 0.6 is 0 Å². The molecule has 0 bridgehead atoms. The summed E-state index contributed by atoms with van der Waals surface area (Å²) in [4.78, 5) is 0. The highest BCUT2D eigenvalue weighted by molar-refractivity contribution is 5.84. The van der Waals surface area contributed by atoms with Crippen LogP contribution in [0.2, 0.25) is 0 Å². The van der Waals surface area contributed by atoms with E-state index in [-0.39, 0.29) is 5.82 Å². The number of benzene rings is 3. The summed E-state index contributed by atoms with van der Waals surface area (Å²) in [6.07, 6.45) is 12.7. The fourth-order valence-corrected chi connectivity index (χ4v) is 5.06. The molecular weight excluding hydrogens is 405 g/mol. The van der Waals surface area contributed by atoms with Crippen LogP contribution in [-0.2, 0) is 12.8 Å². The first-order valence-corrected chi connectivity index (χ1v) is 11.8. The zero-order valence-electron chi connectivity index (χ0n) is 18.7. The van der Waals surface area contributed by atoms with Crippen molar-refractivity contribution in [3.63, 3.8) is 0 Å². The van der Waals surface area contributed by atoms with Gasteiger partial charge in [0, 0.05) is 5.39 Å². The predicted molar refractivity (Wildman–Crippen MR) is 126 cm³/mol. The third-order valence-corrected chi connectivity index (χ3v) is 7.02. The van der Waals surface area contributed by atoms with Gasteiger partial charge in [-0.2, -0.15) is 0 Å². The van der Waals surface area contributed by atoms with Gasteiger partial charge in [-0.15, -0.1) is 0 Å². The minimum absolute atomic E-state index is 0.204. The number of halogens is 3. The standard InChI is InChI=1S/C29H31F3/c1-2-3-4-5-20-6-10-22(11-7-20)24-15-16-26-25(19-24)14-13-23(29(26)32)12-8-21-9-17-27(30)28(31)18-21/h2-3,9,13-20,22H,4-8,10-12H2,1H3/b3-2+. The van der Waals surface area contributed by atoms with Crippen LogP contribution in [0, 0.1) is 23.4 Å². The molecular formula is C29H31F3. The minimum Gasteiger partial charge on any atom is -0.206 e. The Bertz CT molecular complexity index is 1090. The Kier molecular flexibility index (Phi) is 7.34. The maximum atomic E-state index is 15.1. The number of allylic oxidation sites excluding steroid dienone is 2. The molecule has 0 atom stereocenters. The Morgan fingerprint density at radius 1 is 0.844 bits per heavy atom. The molecule has 0 N–H and O–H groups in total. The van der Waals surface area contributed by atoms with Crippen molar-refractivity contribution in [2.75, 3.05) is 0 Å². The fourth-order valence-electron chi connectivity index (χ4n) is 5.06. The lowest BCUT2D eigenvalue weighted by Crippen LogP contribution is -2.13. The van der Waals surface area contributed by atoms with Gasteiger partial charge in [-0.05, 0) is 104 Å². The highest BCUT2D eigenvalue weighted by Gasteiger charge is 2.22. The minimum atomic E-state index is -0.860. The summed E-state index contributed by atoms with van der Waals surface area (Å²) in [7, 11) is 0. The van der Waals surface area contributed by atoms with Crippen LogP contribution in [0.4, 0.5) is 13.2 Å². The molecule has 0 amide bonds. The first-order valence-electron chi connectivity index (χ1n) is 11.8. The Labute approximate surface area is 189 Å². The molecule has 1 aliphatic rings. The molecule has 0 aliphatic heterocycles. The van der Waals surface area contributed by atoms with Crippen LogP contribution in [0.5, 0.6) is 0 Å². The predicted octanol–water partition coefficient (Wildman–Crippen LogP) is 8.67. The smallest absolute Gasteiger partial charge is 0.159 e. The van der Waals surface area contributed by atoms with E-state index in [1.807, 2.05) is 18.2 Å². The second-order valence-corrected chi connectivity index (χ2v) is 9.13. The van der Waals surface area contributed by atoms with Crippen molar-refractivity contribution < 1.29 is 13.2 Å². The molecule has 1 aliphatic carbocycles. The van der Waals surface area contributed by atoms with Crippen molar-refractivity contribution in [1.29, 1.82) is 0 Å². The zero-order chi connectivity index (χ0) is 22.5. The topological polar surface area (TPSA) is 0 Å². The lowest BCUT2D eigenvalue weighted by Gasteiger charge is -2.29. The molecule has 3 aromatic carbocycles. The van der Waals surface area contributed by atoms with E-state index in [1.165, 1.54) is 50.2 Å². The second-order valence-electron chi connectivity index (χ2n) is 9.13. The van der Waals surface area contributed by atoms with E-state index < -0.39 is 11.6 Å². The van der Waals surface area contributed by atoms with Gasteiger partial charge < -0.3 is 0 Å². The summed E-state index contributed by atoms with van der Waals surface area (Å²) in [5, 5.41) is 1.57. The summed E-state index contributed by atoms with van der Waals surface area (Å²) in [6.45, 7) is 2.08. The van der Waals surface area contributed by atoms with Crippen molar-refractivity contribution in [3.05, 3.63) is 94.8 Å². The molecule has 3 heteroatoms. The SMILES string of the molecule is C/C=C/CCC1CCC(c2ccc3c(F)c(CCc4ccc(F)c(F)c4)ccc3c2)CC1. The number of aryl methyl sites for hydroxylation is 2. The van der Waals surface area contributed by atoms with Crippen LogP contribution in [0.3, 0.4) is 0 Å². The maximum Gasteiger partial charge on any atom is 0.159 e. The molecule has 0 spiro atoms. The summed E-state index contributed by atoms with van der Waals surface area (Å²) in [5.74, 6) is -0.528. The second kappa shape index (κ2) is 10.4. The summed E-state index contributed by atoms with van der Waals surface area (Å²) in [6, 6.07) is 13.9. The third-order valence-electron chi connectivity index (χ3n) is 7.02. The van der Waals surface area contributed by atoms with E-state index in [4.69, 9.17) is 0 Å². The highest BCUT2D eigenvalue weighted by Crippen LogP contribution is 2.38. The Hall–Kier alpha value is -2.55. The van der Waals surface area contributed by atoms with E-state index >= 15 is 4.39 Å². The molecule has 1 fully saturated rings. The molecule has 32 heavy (non-hydrogen) atoms. The fraction of sp³-hybridized carbons (Fsp3) is 0.379. The zero-order valence-corrected chi connectivity index (χ0v) is 18.7. The van der Waals surface area contributed by atoms with E-state index in [9.17, 15) is 8.78 Å². The maximum absolute atomic E-state index is 15.1. The summed E-state index contributed by atoms with van der Waals surface area (Å²) in [5.41, 5.74) is 2.59. The van der Waals surface area contributed by atoms with Gasteiger partial charge in [0.2, 0.25) is 0 Å². The number of hydrogen-bond donors (Lipinski definition) is 0. The first kappa shape index (κ1) is 22.6. The molecule has 0 saturated heterocycles. The average Bonchev–Trinajstić information content (AvgIpc) is 2.81. The molecule has 0 radical (unpaired) electrons. The summed E-state index contributed by atoms with van der Waals surface area (Å²) >= 11 is 0. The van der Waals surface area contributed by atoms with Gasteiger partial charge in [-0.3, -0.25) is 0 Å². The molecule has 0 unspecified atom stereocenters. The van der Waals surface area contributed by atoms with Crippen molar-refractivity contribution in [3.8, 4) is 0 Å². The highest BCUT2D eigenvalue weighted by atomic mass is 19.2. The van der Waals surface area contributed by atoms with Crippen molar-refractivity contribution >= 4 is 10.8 Å². The third kappa shape index (κ3) is 5.26. The molecule has 1 saturated carbocycles. The lowest BCUT2D eigenvalue weighted by atomic mass is 9.77. The molecule has 4 rings (SSSR count). The van der Waals surface area contributed by atoms with Gasteiger partial charge in [0.15, 0.2) is 11.6 Å². The normalized spacial score (nSPS) is 19.1. The molecule has 3 aromatic rings. The van der Waals surface area contributed by atoms with Crippen LogP contribution < -0.4 is 0 Å². The van der Waals surface area contributed by atoms with Crippen molar-refractivity contribution in [2.45, 2.75) is 64.2 Å².